The summed E-state index contributed by atoms with van der Waals surface area (Å²) in [5.41, 5.74) is 0. The minimum Gasteiger partial charge on any atom is -0.465 e. The highest BCUT2D eigenvalue weighted by Crippen LogP contribution is 2.22. The standard InChI is InChI=1S/C10H19NO2S/c1-3-13-10(12)8(2)11-6-9-4-5-14-7-9/h8-9,11H,3-7H2,1-2H3. The fourth-order valence-electron chi connectivity index (χ4n) is 1.44. The molecule has 1 fully saturated rings. The molecule has 0 aromatic carbocycles. The highest BCUT2D eigenvalue weighted by Gasteiger charge is 2.18. The summed E-state index contributed by atoms with van der Waals surface area (Å²) in [6.45, 7) is 5.09. The van der Waals surface area contributed by atoms with Gasteiger partial charge in [-0.05, 0) is 44.2 Å². The van der Waals surface area contributed by atoms with Crippen molar-refractivity contribution in [1.82, 2.24) is 5.32 Å². The first kappa shape index (κ1) is 11.9. The number of ether oxygens (including phenoxy) is 1. The Balaban J connectivity index is 2.13. The summed E-state index contributed by atoms with van der Waals surface area (Å²) in [5, 5.41) is 3.22. The zero-order valence-corrected chi connectivity index (χ0v) is 9.73. The van der Waals surface area contributed by atoms with Crippen LogP contribution in [0.4, 0.5) is 0 Å². The second kappa shape index (κ2) is 6.30. The van der Waals surface area contributed by atoms with Crippen LogP contribution in [0.15, 0.2) is 0 Å². The molecular weight excluding hydrogens is 198 g/mol. The number of hydrogen-bond acceptors (Lipinski definition) is 4. The van der Waals surface area contributed by atoms with E-state index in [4.69, 9.17) is 4.74 Å². The molecule has 2 atom stereocenters. The number of esters is 1. The largest absolute Gasteiger partial charge is 0.465 e. The molecule has 2 unspecified atom stereocenters. The van der Waals surface area contributed by atoms with Crippen LogP contribution in [0, 0.1) is 5.92 Å². The third-order valence-electron chi connectivity index (χ3n) is 2.38. The average molecular weight is 217 g/mol. The Morgan fingerprint density at radius 2 is 2.50 bits per heavy atom. The van der Waals surface area contributed by atoms with Gasteiger partial charge >= 0.3 is 5.97 Å². The van der Waals surface area contributed by atoms with Gasteiger partial charge in [0.05, 0.1) is 6.61 Å². The molecule has 1 rings (SSSR count). The van der Waals surface area contributed by atoms with E-state index in [-0.39, 0.29) is 12.0 Å². The molecule has 3 nitrogen and oxygen atoms in total. The molecule has 0 aliphatic carbocycles. The molecule has 0 spiro atoms. The van der Waals surface area contributed by atoms with Gasteiger partial charge in [0.2, 0.25) is 0 Å². The second-order valence-electron chi connectivity index (χ2n) is 3.61. The molecule has 0 radical (unpaired) electrons. The summed E-state index contributed by atoms with van der Waals surface area (Å²) in [4.78, 5) is 11.3. The molecule has 14 heavy (non-hydrogen) atoms. The summed E-state index contributed by atoms with van der Waals surface area (Å²) < 4.78 is 4.91. The van der Waals surface area contributed by atoms with E-state index in [0.717, 1.165) is 12.5 Å². The highest BCUT2D eigenvalue weighted by atomic mass is 32.2. The number of hydrogen-bond donors (Lipinski definition) is 1. The van der Waals surface area contributed by atoms with Gasteiger partial charge in [-0.1, -0.05) is 0 Å². The number of nitrogens with one attached hydrogen (secondary N) is 1. The van der Waals surface area contributed by atoms with E-state index >= 15 is 0 Å². The van der Waals surface area contributed by atoms with Crippen LogP contribution < -0.4 is 5.32 Å². The lowest BCUT2D eigenvalue weighted by atomic mass is 10.1. The molecule has 1 aliphatic rings. The first-order valence-corrected chi connectivity index (χ1v) is 6.37. The zero-order valence-electron chi connectivity index (χ0n) is 8.91. The first-order chi connectivity index (χ1) is 6.74. The monoisotopic (exact) mass is 217 g/mol. The fourth-order valence-corrected chi connectivity index (χ4v) is 2.72. The minimum absolute atomic E-state index is 0.141. The van der Waals surface area contributed by atoms with Crippen LogP contribution in [0.25, 0.3) is 0 Å². The van der Waals surface area contributed by atoms with E-state index in [1.54, 1.807) is 0 Å². The Kier molecular flexibility index (Phi) is 5.33. The topological polar surface area (TPSA) is 38.3 Å². The molecule has 0 aromatic heterocycles. The third kappa shape index (κ3) is 3.88. The van der Waals surface area contributed by atoms with Crippen molar-refractivity contribution in [2.24, 2.45) is 5.92 Å². The lowest BCUT2D eigenvalue weighted by Gasteiger charge is -2.15. The molecule has 0 amide bonds. The Hall–Kier alpha value is -0.220. The second-order valence-corrected chi connectivity index (χ2v) is 4.76. The predicted molar refractivity (Wildman–Crippen MR) is 59.5 cm³/mol. The van der Waals surface area contributed by atoms with E-state index in [1.165, 1.54) is 17.9 Å². The lowest BCUT2D eigenvalue weighted by molar-refractivity contribution is -0.145. The SMILES string of the molecule is CCOC(=O)C(C)NCC1CCSC1. The molecule has 1 N–H and O–H groups in total. The normalized spacial score (nSPS) is 23.4. The Labute approximate surface area is 90.0 Å². The summed E-state index contributed by atoms with van der Waals surface area (Å²) in [6, 6.07) is -0.166. The van der Waals surface area contributed by atoms with Crippen molar-refractivity contribution in [1.29, 1.82) is 0 Å². The van der Waals surface area contributed by atoms with E-state index in [9.17, 15) is 4.79 Å². The van der Waals surface area contributed by atoms with E-state index in [2.05, 4.69) is 5.32 Å². The van der Waals surface area contributed by atoms with Crippen LogP contribution in [-0.2, 0) is 9.53 Å². The van der Waals surface area contributed by atoms with Gasteiger partial charge in [0.15, 0.2) is 0 Å². The van der Waals surface area contributed by atoms with Crippen LogP contribution >= 0.6 is 11.8 Å². The summed E-state index contributed by atoms with van der Waals surface area (Å²) >= 11 is 2.00. The highest BCUT2D eigenvalue weighted by molar-refractivity contribution is 7.99. The van der Waals surface area contributed by atoms with E-state index in [0.29, 0.717) is 6.61 Å². The van der Waals surface area contributed by atoms with Crippen LogP contribution in [0.1, 0.15) is 20.3 Å². The summed E-state index contributed by atoms with van der Waals surface area (Å²) in [7, 11) is 0. The van der Waals surface area contributed by atoms with Crippen LogP contribution in [0.2, 0.25) is 0 Å². The molecule has 1 aliphatic heterocycles. The van der Waals surface area contributed by atoms with Crippen molar-refractivity contribution in [3.05, 3.63) is 0 Å². The Morgan fingerprint density at radius 1 is 1.71 bits per heavy atom. The average Bonchev–Trinajstić information content (AvgIpc) is 2.67. The first-order valence-electron chi connectivity index (χ1n) is 5.21. The molecular formula is C10H19NO2S. The third-order valence-corrected chi connectivity index (χ3v) is 3.61. The van der Waals surface area contributed by atoms with E-state index < -0.39 is 0 Å². The maximum Gasteiger partial charge on any atom is 0.322 e. The van der Waals surface area contributed by atoms with Crippen molar-refractivity contribution >= 4 is 17.7 Å². The van der Waals surface area contributed by atoms with Crippen molar-refractivity contribution in [2.45, 2.75) is 26.3 Å². The number of carbonyl (C=O) groups excluding carboxylic acids is 1. The van der Waals surface area contributed by atoms with Crippen LogP contribution in [0.3, 0.4) is 0 Å². The molecule has 0 saturated carbocycles. The summed E-state index contributed by atoms with van der Waals surface area (Å²) in [5.74, 6) is 3.08. The van der Waals surface area contributed by atoms with Crippen molar-refractivity contribution in [3.63, 3.8) is 0 Å². The number of rotatable bonds is 5. The lowest BCUT2D eigenvalue weighted by Crippen LogP contribution is -2.38. The van der Waals surface area contributed by atoms with Gasteiger partial charge < -0.3 is 10.1 Å². The van der Waals surface area contributed by atoms with E-state index in [1.807, 2.05) is 25.6 Å². The van der Waals surface area contributed by atoms with Gasteiger partial charge in [-0.25, -0.2) is 0 Å². The Morgan fingerprint density at radius 3 is 3.07 bits per heavy atom. The zero-order chi connectivity index (χ0) is 10.4. The molecule has 82 valence electrons. The quantitative estimate of drug-likeness (QED) is 0.704. The van der Waals surface area contributed by atoms with Gasteiger partial charge in [0.25, 0.3) is 0 Å². The van der Waals surface area contributed by atoms with Gasteiger partial charge in [-0.2, -0.15) is 11.8 Å². The maximum absolute atomic E-state index is 11.3. The van der Waals surface area contributed by atoms with Crippen molar-refractivity contribution in [2.75, 3.05) is 24.7 Å². The van der Waals surface area contributed by atoms with Crippen LogP contribution in [0.5, 0.6) is 0 Å². The Bertz CT molecular complexity index is 181. The summed E-state index contributed by atoms with van der Waals surface area (Å²) in [6.07, 6.45) is 1.27. The smallest absolute Gasteiger partial charge is 0.322 e. The molecule has 1 heterocycles. The van der Waals surface area contributed by atoms with Gasteiger partial charge in [0, 0.05) is 0 Å². The fraction of sp³-hybridized carbons (Fsp3) is 0.900. The van der Waals surface area contributed by atoms with Crippen molar-refractivity contribution in [3.8, 4) is 0 Å². The molecule has 1 saturated heterocycles. The number of carbonyl (C=O) groups is 1. The van der Waals surface area contributed by atoms with Gasteiger partial charge in [-0.3, -0.25) is 4.79 Å². The minimum atomic E-state index is -0.166. The molecule has 0 bridgehead atoms. The number of thioether (sulfide) groups is 1. The van der Waals surface area contributed by atoms with Crippen molar-refractivity contribution < 1.29 is 9.53 Å². The molecule has 4 heteroatoms. The molecule has 0 aromatic rings. The predicted octanol–water partition coefficient (Wildman–Crippen LogP) is 1.28. The maximum atomic E-state index is 11.3. The van der Waals surface area contributed by atoms with Gasteiger partial charge in [0.1, 0.15) is 6.04 Å². The van der Waals surface area contributed by atoms with Crippen LogP contribution in [-0.4, -0.2) is 36.7 Å². The van der Waals surface area contributed by atoms with Gasteiger partial charge in [-0.15, -0.1) is 0 Å².